The van der Waals surface area contributed by atoms with E-state index in [0.29, 0.717) is 18.4 Å². The molecule has 2 N–H and O–H groups in total. The van der Waals surface area contributed by atoms with Gasteiger partial charge in [-0.1, -0.05) is 49.7 Å². The Morgan fingerprint density at radius 3 is 2.43 bits per heavy atom. The molecular formula is C21H20F3N3O3. The number of hydrogen-bond donors (Lipinski definition) is 2. The van der Waals surface area contributed by atoms with Crippen molar-refractivity contribution < 1.29 is 27.6 Å². The van der Waals surface area contributed by atoms with Gasteiger partial charge in [-0.05, 0) is 30.2 Å². The molecule has 1 saturated heterocycles. The van der Waals surface area contributed by atoms with Crippen molar-refractivity contribution in [3.8, 4) is 0 Å². The van der Waals surface area contributed by atoms with E-state index in [1.165, 1.54) is 6.07 Å². The molecule has 1 fully saturated rings. The second-order valence-corrected chi connectivity index (χ2v) is 6.97. The number of anilines is 1. The predicted octanol–water partition coefficient (Wildman–Crippen LogP) is 3.89. The van der Waals surface area contributed by atoms with Gasteiger partial charge in [0.15, 0.2) is 0 Å². The molecule has 0 unspecified atom stereocenters. The average molecular weight is 419 g/mol. The first-order chi connectivity index (χ1) is 14.2. The highest BCUT2D eigenvalue weighted by Gasteiger charge is 2.52. The van der Waals surface area contributed by atoms with Gasteiger partial charge in [-0.15, -0.1) is 0 Å². The molecule has 1 aliphatic rings. The van der Waals surface area contributed by atoms with Crippen molar-refractivity contribution >= 4 is 23.5 Å². The summed E-state index contributed by atoms with van der Waals surface area (Å²) >= 11 is 0. The number of rotatable bonds is 6. The largest absolute Gasteiger partial charge is 0.416 e. The number of imide groups is 1. The Bertz CT molecular complexity index is 963. The Morgan fingerprint density at radius 2 is 1.80 bits per heavy atom. The number of carbonyl (C=O) groups excluding carboxylic acids is 3. The molecule has 0 spiro atoms. The first kappa shape index (κ1) is 21.4. The lowest BCUT2D eigenvalue weighted by atomic mass is 9.85. The van der Waals surface area contributed by atoms with Gasteiger partial charge in [0.05, 0.1) is 5.56 Å². The summed E-state index contributed by atoms with van der Waals surface area (Å²) in [6.07, 6.45) is -3.61. The van der Waals surface area contributed by atoms with Crippen molar-refractivity contribution in [2.45, 2.75) is 31.5 Å². The van der Waals surface area contributed by atoms with Gasteiger partial charge >= 0.3 is 12.2 Å². The lowest BCUT2D eigenvalue weighted by Gasteiger charge is -2.26. The van der Waals surface area contributed by atoms with Crippen LogP contribution in [0.25, 0.3) is 0 Å². The molecule has 158 valence electrons. The molecule has 9 heteroatoms. The molecule has 2 aromatic carbocycles. The Kier molecular flexibility index (Phi) is 5.82. The molecule has 0 saturated carbocycles. The lowest BCUT2D eigenvalue weighted by Crippen LogP contribution is -2.44. The Hall–Kier alpha value is -3.36. The van der Waals surface area contributed by atoms with E-state index in [4.69, 9.17) is 0 Å². The summed E-state index contributed by atoms with van der Waals surface area (Å²) < 4.78 is 38.5. The van der Waals surface area contributed by atoms with Crippen LogP contribution in [0.5, 0.6) is 0 Å². The van der Waals surface area contributed by atoms with Crippen molar-refractivity contribution in [3.63, 3.8) is 0 Å². The van der Waals surface area contributed by atoms with Crippen LogP contribution >= 0.6 is 0 Å². The number of hydrogen-bond acceptors (Lipinski definition) is 3. The summed E-state index contributed by atoms with van der Waals surface area (Å²) in [4.78, 5) is 38.7. The van der Waals surface area contributed by atoms with Crippen LogP contribution in [0.3, 0.4) is 0 Å². The summed E-state index contributed by atoms with van der Waals surface area (Å²) in [5, 5.41) is 5.00. The van der Waals surface area contributed by atoms with E-state index in [0.717, 1.165) is 23.1 Å². The van der Waals surface area contributed by atoms with Gasteiger partial charge < -0.3 is 10.6 Å². The molecule has 0 radical (unpaired) electrons. The molecule has 1 heterocycles. The third kappa shape index (κ3) is 4.14. The number of alkyl halides is 3. The minimum atomic E-state index is -4.55. The SMILES string of the molecule is CCC[C@@]1(c2ccccc2)NC(=O)N(CC(=O)Nc2cccc(C(F)(F)F)c2)C1=O. The molecule has 4 amide bonds. The topological polar surface area (TPSA) is 78.5 Å². The van der Waals surface area contributed by atoms with Crippen LogP contribution < -0.4 is 10.6 Å². The molecule has 0 aliphatic carbocycles. The fourth-order valence-corrected chi connectivity index (χ4v) is 3.49. The van der Waals surface area contributed by atoms with Crippen LogP contribution in [0.2, 0.25) is 0 Å². The van der Waals surface area contributed by atoms with Gasteiger partial charge in [-0.2, -0.15) is 13.2 Å². The van der Waals surface area contributed by atoms with Crippen molar-refractivity contribution in [1.82, 2.24) is 10.2 Å². The van der Waals surface area contributed by atoms with E-state index in [-0.39, 0.29) is 5.69 Å². The molecule has 30 heavy (non-hydrogen) atoms. The first-order valence-corrected chi connectivity index (χ1v) is 9.34. The van der Waals surface area contributed by atoms with E-state index < -0.39 is 41.7 Å². The zero-order valence-corrected chi connectivity index (χ0v) is 16.1. The van der Waals surface area contributed by atoms with Gasteiger partial charge in [-0.3, -0.25) is 14.5 Å². The molecular weight excluding hydrogens is 399 g/mol. The zero-order chi connectivity index (χ0) is 21.9. The lowest BCUT2D eigenvalue weighted by molar-refractivity contribution is -0.137. The van der Waals surface area contributed by atoms with Crippen LogP contribution in [0.4, 0.5) is 23.7 Å². The summed E-state index contributed by atoms with van der Waals surface area (Å²) in [6.45, 7) is 1.26. The van der Waals surface area contributed by atoms with Gasteiger partial charge in [0.25, 0.3) is 5.91 Å². The molecule has 1 aliphatic heterocycles. The Labute approximate surface area is 171 Å². The number of nitrogens with zero attached hydrogens (tertiary/aromatic N) is 1. The Balaban J connectivity index is 1.78. The highest BCUT2D eigenvalue weighted by atomic mass is 19.4. The van der Waals surface area contributed by atoms with Gasteiger partial charge in [-0.25, -0.2) is 4.79 Å². The first-order valence-electron chi connectivity index (χ1n) is 9.34. The fraction of sp³-hybridized carbons (Fsp3) is 0.286. The van der Waals surface area contributed by atoms with Crippen LogP contribution in [0.15, 0.2) is 54.6 Å². The Morgan fingerprint density at radius 1 is 1.10 bits per heavy atom. The average Bonchev–Trinajstić information content (AvgIpc) is 2.93. The second-order valence-electron chi connectivity index (χ2n) is 6.97. The molecule has 1 atom stereocenters. The van der Waals surface area contributed by atoms with E-state index >= 15 is 0 Å². The third-order valence-corrected chi connectivity index (χ3v) is 4.84. The molecule has 2 aromatic rings. The van der Waals surface area contributed by atoms with Crippen molar-refractivity contribution in [3.05, 3.63) is 65.7 Å². The number of urea groups is 1. The smallest absolute Gasteiger partial charge is 0.325 e. The number of nitrogens with one attached hydrogen (secondary N) is 2. The minimum absolute atomic E-state index is 0.0789. The normalized spacial score (nSPS) is 19.0. The summed E-state index contributed by atoms with van der Waals surface area (Å²) in [5.74, 6) is -1.35. The van der Waals surface area contributed by atoms with Gasteiger partial charge in [0.1, 0.15) is 12.1 Å². The fourth-order valence-electron chi connectivity index (χ4n) is 3.49. The van der Waals surface area contributed by atoms with E-state index in [1.54, 1.807) is 30.3 Å². The zero-order valence-electron chi connectivity index (χ0n) is 16.1. The predicted molar refractivity (Wildman–Crippen MR) is 103 cm³/mol. The number of benzene rings is 2. The quantitative estimate of drug-likeness (QED) is 0.698. The van der Waals surface area contributed by atoms with E-state index in [2.05, 4.69) is 10.6 Å². The van der Waals surface area contributed by atoms with Crippen LogP contribution in [0.1, 0.15) is 30.9 Å². The maximum Gasteiger partial charge on any atom is 0.416 e. The standard InChI is InChI=1S/C21H20F3N3O3/c1-2-11-20(14-7-4-3-5-8-14)18(29)27(19(30)26-20)13-17(28)25-16-10-6-9-15(12-16)21(22,23)24/h3-10,12H,2,11,13H2,1H3,(H,25,28)(H,26,30)/t20-/m0/s1. The molecule has 3 rings (SSSR count). The number of carbonyl (C=O) groups is 3. The minimum Gasteiger partial charge on any atom is -0.325 e. The second kappa shape index (κ2) is 8.17. The summed E-state index contributed by atoms with van der Waals surface area (Å²) in [5.41, 5.74) is -1.67. The maximum atomic E-state index is 13.1. The van der Waals surface area contributed by atoms with E-state index in [9.17, 15) is 27.6 Å². The summed E-state index contributed by atoms with van der Waals surface area (Å²) in [6, 6.07) is 12.1. The molecule has 0 aromatic heterocycles. The molecule has 6 nitrogen and oxygen atoms in total. The van der Waals surface area contributed by atoms with Crippen LogP contribution in [-0.2, 0) is 21.3 Å². The summed E-state index contributed by atoms with van der Waals surface area (Å²) in [7, 11) is 0. The molecule has 0 bridgehead atoms. The third-order valence-electron chi connectivity index (χ3n) is 4.84. The monoisotopic (exact) mass is 419 g/mol. The van der Waals surface area contributed by atoms with E-state index in [1.807, 2.05) is 6.92 Å². The van der Waals surface area contributed by atoms with Crippen molar-refractivity contribution in [1.29, 1.82) is 0 Å². The number of amides is 4. The highest BCUT2D eigenvalue weighted by Crippen LogP contribution is 2.34. The van der Waals surface area contributed by atoms with Gasteiger partial charge in [0.2, 0.25) is 5.91 Å². The van der Waals surface area contributed by atoms with Gasteiger partial charge in [0, 0.05) is 5.69 Å². The maximum absolute atomic E-state index is 13.1. The van der Waals surface area contributed by atoms with Crippen molar-refractivity contribution in [2.75, 3.05) is 11.9 Å². The number of halogens is 3. The van der Waals surface area contributed by atoms with Crippen LogP contribution in [0, 0.1) is 0 Å². The van der Waals surface area contributed by atoms with Crippen LogP contribution in [-0.4, -0.2) is 29.3 Å². The van der Waals surface area contributed by atoms with Crippen molar-refractivity contribution in [2.24, 2.45) is 0 Å². The highest BCUT2D eigenvalue weighted by molar-refractivity contribution is 6.10.